The molecule has 0 aromatic carbocycles. The fourth-order valence-electron chi connectivity index (χ4n) is 1.42. The standard InChI is InChI=1S/C9H17NO2S/c1-13(11,12)8-4-7-10-9-5-2-3-6-9/h2-3,9-10H,4-8H2,1H3. The van der Waals surface area contributed by atoms with Gasteiger partial charge >= 0.3 is 0 Å². The van der Waals surface area contributed by atoms with Crippen LogP contribution in [-0.2, 0) is 9.84 Å². The fourth-order valence-corrected chi connectivity index (χ4v) is 2.09. The zero-order valence-electron chi connectivity index (χ0n) is 7.99. The Hall–Kier alpha value is -0.350. The summed E-state index contributed by atoms with van der Waals surface area (Å²) in [5.74, 6) is 0.292. The third-order valence-corrected chi connectivity index (χ3v) is 3.16. The Morgan fingerprint density at radius 2 is 2.00 bits per heavy atom. The van der Waals surface area contributed by atoms with Crippen molar-refractivity contribution in [3.63, 3.8) is 0 Å². The van der Waals surface area contributed by atoms with Gasteiger partial charge in [0.2, 0.25) is 0 Å². The minimum absolute atomic E-state index is 0.292. The van der Waals surface area contributed by atoms with Crippen LogP contribution in [0.4, 0.5) is 0 Å². The number of hydrogen-bond acceptors (Lipinski definition) is 3. The number of nitrogens with one attached hydrogen (secondary N) is 1. The molecule has 0 aromatic heterocycles. The predicted octanol–water partition coefficient (Wildman–Crippen LogP) is 0.729. The van der Waals surface area contributed by atoms with Gasteiger partial charge in [0.15, 0.2) is 0 Å². The summed E-state index contributed by atoms with van der Waals surface area (Å²) < 4.78 is 21.6. The molecule has 0 saturated heterocycles. The van der Waals surface area contributed by atoms with Crippen LogP contribution in [0, 0.1) is 0 Å². The van der Waals surface area contributed by atoms with Gasteiger partial charge < -0.3 is 5.32 Å². The molecule has 0 heterocycles. The summed E-state index contributed by atoms with van der Waals surface area (Å²) in [6.07, 6.45) is 8.49. The SMILES string of the molecule is CS(=O)(=O)CCCNC1CC=CC1. The molecule has 0 atom stereocenters. The van der Waals surface area contributed by atoms with Crippen LogP contribution in [0.5, 0.6) is 0 Å². The van der Waals surface area contributed by atoms with Crippen molar-refractivity contribution in [2.24, 2.45) is 0 Å². The summed E-state index contributed by atoms with van der Waals surface area (Å²) in [7, 11) is -2.78. The summed E-state index contributed by atoms with van der Waals surface area (Å²) in [4.78, 5) is 0. The van der Waals surface area contributed by atoms with Gasteiger partial charge in [0.05, 0.1) is 5.75 Å². The van der Waals surface area contributed by atoms with Crippen LogP contribution in [0.3, 0.4) is 0 Å². The van der Waals surface area contributed by atoms with E-state index >= 15 is 0 Å². The van der Waals surface area contributed by atoms with Crippen molar-refractivity contribution in [3.05, 3.63) is 12.2 Å². The van der Waals surface area contributed by atoms with Gasteiger partial charge in [0.1, 0.15) is 9.84 Å². The molecule has 76 valence electrons. The molecule has 0 bridgehead atoms. The van der Waals surface area contributed by atoms with Crippen molar-refractivity contribution >= 4 is 9.84 Å². The molecular formula is C9H17NO2S. The Morgan fingerprint density at radius 3 is 2.54 bits per heavy atom. The van der Waals surface area contributed by atoms with Gasteiger partial charge in [-0.2, -0.15) is 0 Å². The van der Waals surface area contributed by atoms with Gasteiger partial charge in [-0.15, -0.1) is 0 Å². The first-order valence-electron chi connectivity index (χ1n) is 4.64. The van der Waals surface area contributed by atoms with Gasteiger partial charge in [0.25, 0.3) is 0 Å². The lowest BCUT2D eigenvalue weighted by atomic mass is 10.2. The van der Waals surface area contributed by atoms with E-state index < -0.39 is 9.84 Å². The van der Waals surface area contributed by atoms with Crippen molar-refractivity contribution in [2.75, 3.05) is 18.6 Å². The number of rotatable bonds is 5. The molecule has 1 rings (SSSR count). The van der Waals surface area contributed by atoms with Gasteiger partial charge in [0, 0.05) is 12.3 Å². The van der Waals surface area contributed by atoms with Crippen LogP contribution in [0.1, 0.15) is 19.3 Å². The summed E-state index contributed by atoms with van der Waals surface area (Å²) in [6, 6.07) is 0.541. The Labute approximate surface area is 80.1 Å². The summed E-state index contributed by atoms with van der Waals surface area (Å²) in [5.41, 5.74) is 0. The first kappa shape index (κ1) is 10.7. The van der Waals surface area contributed by atoms with Crippen molar-refractivity contribution in [2.45, 2.75) is 25.3 Å². The quantitative estimate of drug-likeness (QED) is 0.529. The molecule has 0 amide bonds. The first-order valence-corrected chi connectivity index (χ1v) is 6.70. The zero-order chi connectivity index (χ0) is 9.73. The maximum atomic E-state index is 10.8. The Morgan fingerprint density at radius 1 is 1.38 bits per heavy atom. The van der Waals surface area contributed by atoms with E-state index in [1.54, 1.807) is 0 Å². The lowest BCUT2D eigenvalue weighted by Gasteiger charge is -2.10. The second-order valence-corrected chi connectivity index (χ2v) is 5.84. The minimum atomic E-state index is -2.78. The predicted molar refractivity (Wildman–Crippen MR) is 54.5 cm³/mol. The molecule has 0 spiro atoms. The molecule has 0 aliphatic heterocycles. The molecular weight excluding hydrogens is 186 g/mol. The van der Waals surface area contributed by atoms with Crippen LogP contribution < -0.4 is 5.32 Å². The lowest BCUT2D eigenvalue weighted by molar-refractivity contribution is 0.533. The summed E-state index contributed by atoms with van der Waals surface area (Å²) in [5, 5.41) is 3.33. The topological polar surface area (TPSA) is 46.2 Å². The molecule has 0 saturated carbocycles. The molecule has 13 heavy (non-hydrogen) atoms. The number of sulfone groups is 1. The molecule has 0 radical (unpaired) electrons. The second kappa shape index (κ2) is 4.77. The smallest absolute Gasteiger partial charge is 0.147 e. The minimum Gasteiger partial charge on any atom is -0.313 e. The van der Waals surface area contributed by atoms with E-state index in [-0.39, 0.29) is 0 Å². The number of hydrogen-bond donors (Lipinski definition) is 1. The maximum Gasteiger partial charge on any atom is 0.147 e. The van der Waals surface area contributed by atoms with E-state index in [2.05, 4.69) is 17.5 Å². The van der Waals surface area contributed by atoms with Gasteiger partial charge in [-0.1, -0.05) is 12.2 Å². The molecule has 1 N–H and O–H groups in total. The Bertz CT molecular complexity index is 261. The van der Waals surface area contributed by atoms with Crippen molar-refractivity contribution in [1.82, 2.24) is 5.32 Å². The van der Waals surface area contributed by atoms with Crippen LogP contribution in [0.2, 0.25) is 0 Å². The fraction of sp³-hybridized carbons (Fsp3) is 0.778. The van der Waals surface area contributed by atoms with E-state index in [1.165, 1.54) is 6.26 Å². The highest BCUT2D eigenvalue weighted by molar-refractivity contribution is 7.90. The molecule has 1 aliphatic rings. The normalized spacial score (nSPS) is 18.2. The Balaban J connectivity index is 2.01. The van der Waals surface area contributed by atoms with Gasteiger partial charge in [-0.3, -0.25) is 0 Å². The van der Waals surface area contributed by atoms with E-state index in [0.717, 1.165) is 25.8 Å². The van der Waals surface area contributed by atoms with Crippen molar-refractivity contribution < 1.29 is 8.42 Å². The Kier molecular flexibility index (Phi) is 3.93. The van der Waals surface area contributed by atoms with Crippen molar-refractivity contribution in [3.8, 4) is 0 Å². The third kappa shape index (κ3) is 5.05. The highest BCUT2D eigenvalue weighted by Crippen LogP contribution is 2.08. The summed E-state index contributed by atoms with van der Waals surface area (Å²) >= 11 is 0. The lowest BCUT2D eigenvalue weighted by Crippen LogP contribution is -2.28. The largest absolute Gasteiger partial charge is 0.313 e. The molecule has 0 aromatic rings. The molecule has 1 aliphatic carbocycles. The average Bonchev–Trinajstić information content (AvgIpc) is 2.48. The zero-order valence-corrected chi connectivity index (χ0v) is 8.81. The summed E-state index contributed by atoms with van der Waals surface area (Å²) in [6.45, 7) is 0.805. The van der Waals surface area contributed by atoms with Gasteiger partial charge in [-0.05, 0) is 25.8 Å². The molecule has 0 unspecified atom stereocenters. The molecule has 3 nitrogen and oxygen atoms in total. The van der Waals surface area contributed by atoms with Gasteiger partial charge in [-0.25, -0.2) is 8.42 Å². The van der Waals surface area contributed by atoms with Crippen LogP contribution in [0.25, 0.3) is 0 Å². The van der Waals surface area contributed by atoms with E-state index in [4.69, 9.17) is 0 Å². The average molecular weight is 203 g/mol. The van der Waals surface area contributed by atoms with E-state index in [1.807, 2.05) is 0 Å². The first-order chi connectivity index (χ1) is 6.08. The maximum absolute atomic E-state index is 10.8. The van der Waals surface area contributed by atoms with Crippen LogP contribution in [0.15, 0.2) is 12.2 Å². The van der Waals surface area contributed by atoms with Crippen LogP contribution in [-0.4, -0.2) is 33.0 Å². The van der Waals surface area contributed by atoms with E-state index in [0.29, 0.717) is 11.8 Å². The highest BCUT2D eigenvalue weighted by Gasteiger charge is 2.08. The van der Waals surface area contributed by atoms with E-state index in [9.17, 15) is 8.42 Å². The molecule has 4 heteroatoms. The monoisotopic (exact) mass is 203 g/mol. The molecule has 0 fully saturated rings. The highest BCUT2D eigenvalue weighted by atomic mass is 32.2. The third-order valence-electron chi connectivity index (χ3n) is 2.13. The van der Waals surface area contributed by atoms with Crippen molar-refractivity contribution in [1.29, 1.82) is 0 Å². The second-order valence-electron chi connectivity index (χ2n) is 3.58. The van der Waals surface area contributed by atoms with Crippen LogP contribution >= 0.6 is 0 Å².